The molecule has 0 saturated carbocycles. The number of hydrogen-bond acceptors (Lipinski definition) is 3. The zero-order valence-electron chi connectivity index (χ0n) is 13.8. The number of carbonyl (C=O) groups excluding carboxylic acids is 2. The SMILES string of the molecule is O=C(NCCCn1ccnc1)N1CCN(C(=O)c2cc(Cl)c[nH]2)CC1. The summed E-state index contributed by atoms with van der Waals surface area (Å²) in [5.74, 6) is -0.0905. The molecule has 1 fully saturated rings. The highest BCUT2D eigenvalue weighted by Gasteiger charge is 2.25. The van der Waals surface area contributed by atoms with Gasteiger partial charge in [0.2, 0.25) is 0 Å². The van der Waals surface area contributed by atoms with Crippen molar-refractivity contribution in [1.82, 2.24) is 29.7 Å². The Kier molecular flexibility index (Phi) is 5.60. The first-order valence-electron chi connectivity index (χ1n) is 8.25. The van der Waals surface area contributed by atoms with Gasteiger partial charge in [-0.15, -0.1) is 0 Å². The van der Waals surface area contributed by atoms with Gasteiger partial charge in [0.05, 0.1) is 11.3 Å². The van der Waals surface area contributed by atoms with Crippen molar-refractivity contribution in [3.63, 3.8) is 0 Å². The number of halogens is 1. The van der Waals surface area contributed by atoms with Crippen LogP contribution in [0.5, 0.6) is 0 Å². The van der Waals surface area contributed by atoms with Crippen molar-refractivity contribution in [2.24, 2.45) is 0 Å². The number of urea groups is 1. The molecule has 0 aromatic carbocycles. The number of nitrogens with zero attached hydrogens (tertiary/aromatic N) is 4. The molecule has 0 radical (unpaired) electrons. The molecule has 3 amide bonds. The first-order chi connectivity index (χ1) is 12.1. The van der Waals surface area contributed by atoms with Crippen LogP contribution in [0.4, 0.5) is 4.79 Å². The van der Waals surface area contributed by atoms with Crippen molar-refractivity contribution in [3.8, 4) is 0 Å². The lowest BCUT2D eigenvalue weighted by Gasteiger charge is -2.34. The van der Waals surface area contributed by atoms with Crippen LogP contribution in [-0.4, -0.2) is 69.0 Å². The van der Waals surface area contributed by atoms with Gasteiger partial charge in [0.15, 0.2) is 0 Å². The fourth-order valence-corrected chi connectivity index (χ4v) is 2.93. The van der Waals surface area contributed by atoms with E-state index in [0.29, 0.717) is 43.4 Å². The first-order valence-corrected chi connectivity index (χ1v) is 8.63. The molecule has 3 rings (SSSR count). The van der Waals surface area contributed by atoms with Crippen molar-refractivity contribution in [3.05, 3.63) is 41.7 Å². The second kappa shape index (κ2) is 8.06. The number of nitrogens with one attached hydrogen (secondary N) is 2. The lowest BCUT2D eigenvalue weighted by atomic mass is 10.3. The lowest BCUT2D eigenvalue weighted by Crippen LogP contribution is -2.53. The number of hydrogen-bond donors (Lipinski definition) is 2. The predicted octanol–water partition coefficient (Wildman–Crippen LogP) is 1.42. The number of aromatic amines is 1. The molecule has 9 heteroatoms. The molecule has 0 spiro atoms. The topological polar surface area (TPSA) is 86.3 Å². The summed E-state index contributed by atoms with van der Waals surface area (Å²) >= 11 is 5.83. The van der Waals surface area contributed by atoms with Crippen LogP contribution in [0.2, 0.25) is 5.02 Å². The van der Waals surface area contributed by atoms with Gasteiger partial charge in [-0.2, -0.15) is 0 Å². The van der Waals surface area contributed by atoms with Gasteiger partial charge in [0.25, 0.3) is 5.91 Å². The van der Waals surface area contributed by atoms with E-state index in [1.54, 1.807) is 34.6 Å². The number of piperazine rings is 1. The quantitative estimate of drug-likeness (QED) is 0.787. The van der Waals surface area contributed by atoms with E-state index >= 15 is 0 Å². The average Bonchev–Trinajstić information content (AvgIpc) is 3.29. The third-order valence-electron chi connectivity index (χ3n) is 4.16. The van der Waals surface area contributed by atoms with E-state index in [4.69, 9.17) is 11.6 Å². The minimum Gasteiger partial charge on any atom is -0.356 e. The second-order valence-electron chi connectivity index (χ2n) is 5.90. The highest BCUT2D eigenvalue weighted by atomic mass is 35.5. The molecule has 1 saturated heterocycles. The summed E-state index contributed by atoms with van der Waals surface area (Å²) in [7, 11) is 0. The monoisotopic (exact) mass is 364 g/mol. The van der Waals surface area contributed by atoms with Crippen molar-refractivity contribution in [2.75, 3.05) is 32.7 Å². The number of rotatable bonds is 5. The van der Waals surface area contributed by atoms with Crippen LogP contribution < -0.4 is 5.32 Å². The van der Waals surface area contributed by atoms with Gasteiger partial charge < -0.3 is 24.7 Å². The van der Waals surface area contributed by atoms with Gasteiger partial charge in [0.1, 0.15) is 5.69 Å². The van der Waals surface area contributed by atoms with Crippen LogP contribution >= 0.6 is 11.6 Å². The standard InChI is InChI=1S/C16H21ClN6O2/c17-13-10-14(20-11-13)15(24)22-6-8-23(9-7-22)16(25)19-2-1-4-21-5-3-18-12-21/h3,5,10-12,20H,1-2,4,6-9H2,(H,19,25). The Morgan fingerprint density at radius 1 is 1.24 bits per heavy atom. The maximum absolute atomic E-state index is 12.3. The number of aromatic nitrogens is 3. The molecular formula is C16H21ClN6O2. The van der Waals surface area contributed by atoms with Crippen LogP contribution in [0.25, 0.3) is 0 Å². The van der Waals surface area contributed by atoms with E-state index in [0.717, 1.165) is 13.0 Å². The molecule has 2 N–H and O–H groups in total. The highest BCUT2D eigenvalue weighted by molar-refractivity contribution is 6.30. The molecule has 1 aliphatic rings. The van der Waals surface area contributed by atoms with Crippen molar-refractivity contribution in [1.29, 1.82) is 0 Å². The minimum atomic E-state index is -0.0905. The Hall–Kier alpha value is -2.48. The van der Waals surface area contributed by atoms with Crippen molar-refractivity contribution < 1.29 is 9.59 Å². The summed E-state index contributed by atoms with van der Waals surface area (Å²) in [4.78, 5) is 34.8. The normalized spacial score (nSPS) is 14.6. The number of H-pyrrole nitrogens is 1. The Morgan fingerprint density at radius 2 is 2.00 bits per heavy atom. The number of aryl methyl sites for hydroxylation is 1. The average molecular weight is 365 g/mol. The van der Waals surface area contributed by atoms with Gasteiger partial charge in [-0.1, -0.05) is 11.6 Å². The Balaban J connectivity index is 1.38. The first kappa shape index (κ1) is 17.3. The van der Waals surface area contributed by atoms with E-state index in [-0.39, 0.29) is 11.9 Å². The summed E-state index contributed by atoms with van der Waals surface area (Å²) in [5.41, 5.74) is 0.474. The zero-order chi connectivity index (χ0) is 17.6. The molecule has 0 unspecified atom stereocenters. The summed E-state index contributed by atoms with van der Waals surface area (Å²) in [5, 5.41) is 3.43. The smallest absolute Gasteiger partial charge is 0.317 e. The largest absolute Gasteiger partial charge is 0.356 e. The van der Waals surface area contributed by atoms with Crippen LogP contribution in [0.15, 0.2) is 31.0 Å². The molecule has 3 heterocycles. The fraction of sp³-hybridized carbons (Fsp3) is 0.438. The molecule has 1 aliphatic heterocycles. The molecule has 0 aliphatic carbocycles. The predicted molar refractivity (Wildman–Crippen MR) is 93.5 cm³/mol. The Bertz CT molecular complexity index is 706. The molecule has 0 atom stereocenters. The maximum Gasteiger partial charge on any atom is 0.317 e. The van der Waals surface area contributed by atoms with Gasteiger partial charge in [-0.3, -0.25) is 4.79 Å². The summed E-state index contributed by atoms with van der Waals surface area (Å²) in [6.07, 6.45) is 7.82. The van der Waals surface area contributed by atoms with E-state index in [2.05, 4.69) is 15.3 Å². The molecule has 2 aromatic rings. The summed E-state index contributed by atoms with van der Waals surface area (Å²) in [6, 6.07) is 1.53. The van der Waals surface area contributed by atoms with Gasteiger partial charge in [-0.25, -0.2) is 9.78 Å². The van der Waals surface area contributed by atoms with E-state index in [1.807, 2.05) is 10.8 Å². The van der Waals surface area contributed by atoms with Crippen LogP contribution in [-0.2, 0) is 6.54 Å². The number of imidazole rings is 1. The number of carbonyl (C=O) groups is 2. The second-order valence-corrected chi connectivity index (χ2v) is 6.33. The third kappa shape index (κ3) is 4.54. The minimum absolute atomic E-state index is 0.0827. The van der Waals surface area contributed by atoms with E-state index in [1.165, 1.54) is 0 Å². The van der Waals surface area contributed by atoms with E-state index in [9.17, 15) is 9.59 Å². The molecular weight excluding hydrogens is 344 g/mol. The van der Waals surface area contributed by atoms with Gasteiger partial charge in [0, 0.05) is 57.9 Å². The summed E-state index contributed by atoms with van der Waals surface area (Å²) in [6.45, 7) is 3.50. The van der Waals surface area contributed by atoms with Crippen LogP contribution in [0, 0.1) is 0 Å². The van der Waals surface area contributed by atoms with Crippen LogP contribution in [0.1, 0.15) is 16.9 Å². The summed E-state index contributed by atoms with van der Waals surface area (Å²) < 4.78 is 1.98. The Labute approximate surface area is 150 Å². The van der Waals surface area contributed by atoms with E-state index < -0.39 is 0 Å². The number of amides is 3. The Morgan fingerprint density at radius 3 is 2.64 bits per heavy atom. The fourth-order valence-electron chi connectivity index (χ4n) is 2.76. The lowest BCUT2D eigenvalue weighted by molar-refractivity contribution is 0.0660. The third-order valence-corrected chi connectivity index (χ3v) is 4.38. The van der Waals surface area contributed by atoms with Crippen molar-refractivity contribution in [2.45, 2.75) is 13.0 Å². The molecule has 8 nitrogen and oxygen atoms in total. The zero-order valence-corrected chi connectivity index (χ0v) is 14.6. The maximum atomic E-state index is 12.3. The molecule has 134 valence electrons. The van der Waals surface area contributed by atoms with Crippen molar-refractivity contribution >= 4 is 23.5 Å². The highest BCUT2D eigenvalue weighted by Crippen LogP contribution is 2.13. The van der Waals surface area contributed by atoms with Gasteiger partial charge in [-0.05, 0) is 12.5 Å². The molecule has 0 bridgehead atoms. The van der Waals surface area contributed by atoms with Gasteiger partial charge >= 0.3 is 6.03 Å². The molecule has 2 aromatic heterocycles. The molecule has 25 heavy (non-hydrogen) atoms. The van der Waals surface area contributed by atoms with Crippen LogP contribution in [0.3, 0.4) is 0 Å².